The molecular weight excluding hydrogens is 1680 g/mol. The molecule has 0 saturated carbocycles. The molecule has 5 aromatic rings. The minimum Gasteiger partial charge on any atom is -0.508 e. The molecule has 42 heteroatoms. The van der Waals surface area contributed by atoms with Crippen molar-refractivity contribution >= 4 is 140 Å². The molecule has 3 aromatic carbocycles. The van der Waals surface area contributed by atoms with Crippen LogP contribution in [-0.2, 0) is 106 Å². The zero-order valence-corrected chi connectivity index (χ0v) is 74.1. The molecule has 128 heavy (non-hydrogen) atoms. The van der Waals surface area contributed by atoms with Crippen molar-refractivity contribution in [3.63, 3.8) is 0 Å². The van der Waals surface area contributed by atoms with Crippen molar-refractivity contribution in [1.82, 2.24) is 87.6 Å². The fraction of sp³-hybridized carbons (Fsp3) is 0.535. The van der Waals surface area contributed by atoms with Crippen molar-refractivity contribution in [3.8, 4) is 5.75 Å². The number of nitrogens with zero attached hydrogens (tertiary/aromatic N) is 5. The number of aliphatic hydroxyl groups excluding tert-OH is 2. The van der Waals surface area contributed by atoms with Crippen LogP contribution in [0.4, 0.5) is 0 Å². The average molecular weight is 1800 g/mol. The highest BCUT2D eigenvalue weighted by Crippen LogP contribution is 2.28. The molecule has 41 nitrogen and oxygen atoms in total. The van der Waals surface area contributed by atoms with E-state index >= 15 is 28.8 Å². The van der Waals surface area contributed by atoms with Gasteiger partial charge in [-0.1, -0.05) is 102 Å². The summed E-state index contributed by atoms with van der Waals surface area (Å²) in [7, 11) is 3.89. The number of phenolic OH excluding ortho intramolecular Hbond substituents is 1. The Hall–Kier alpha value is -12.7. The van der Waals surface area contributed by atoms with E-state index in [-0.39, 0.29) is 63.7 Å². The normalized spacial score (nSPS) is 25.5. The quantitative estimate of drug-likeness (QED) is 0.0323. The summed E-state index contributed by atoms with van der Waals surface area (Å²) in [4.78, 5) is 271. The standard InChI is InChI=1S/C86H120N20O21S/c1-10-12-23-65-79(120)93-46(5)73(114)101-64(75(116)92-40-71(89)112)43-128-44-72(113)94-60(32-48-26-28-51(108)29-27-48)82(123)102(7)47(6)74(115)97-62(37-70(88)111)84(125)105-30-18-25-66(105)80(121)96-58(36-69(87)110)77(118)98-59(31-45(3)4)85(126)106-41-52(109)35-68(106)81(122)95-57(33-49-38-90-55-21-16-14-19-53(49)55)76(117)100-63(42-107)78(119)99-61(34-50-39-91-56-22-17-15-20-54(50)56)83(124)104(9)67(24-13-11-2)86(127)103(65)8/h14-17,19-22,26-29,38-39,45-47,52,57-68,90-91,107-109H,10-13,18,23-25,30-37,40-44H2,1-9H3,(H2,87,110)(H2,88,111)(H2,89,112)(H,92,116)(H,93,120)(H,94,113)(H,95,122)(H,96,121)(H,97,115)(H,98,118)(H,99,119)(H,100,117)(H,101,114)/t46-,47-,52+,57-,58-,59-,60-,61-,62+,63-,64-,65-,66-,67-,68-/m0/s1. The van der Waals surface area contributed by atoms with Crippen molar-refractivity contribution in [2.45, 2.75) is 229 Å². The number of aromatic hydroxyl groups is 1. The van der Waals surface area contributed by atoms with E-state index in [1.54, 1.807) is 74.8 Å². The third-order valence-electron chi connectivity index (χ3n) is 22.9. The van der Waals surface area contributed by atoms with Gasteiger partial charge in [0.05, 0.1) is 37.9 Å². The van der Waals surface area contributed by atoms with Gasteiger partial charge in [0.25, 0.3) is 0 Å². The first-order valence-corrected chi connectivity index (χ1v) is 43.9. The predicted octanol–water partition coefficient (Wildman–Crippen LogP) is -3.26. The number of phenols is 1. The number of H-pyrrole nitrogens is 2. The van der Waals surface area contributed by atoms with Crippen LogP contribution < -0.4 is 70.4 Å². The average Bonchev–Trinajstić information content (AvgIpc) is 1.66. The maximum atomic E-state index is 15.6. The Kier molecular flexibility index (Phi) is 37.1. The van der Waals surface area contributed by atoms with Gasteiger partial charge >= 0.3 is 0 Å². The molecule has 0 radical (unpaired) electrons. The number of benzene rings is 3. The Labute approximate surface area is 743 Å². The number of unbranched alkanes of at least 4 members (excludes halogenated alkanes) is 2. The number of nitrogens with one attached hydrogen (secondary N) is 12. The lowest BCUT2D eigenvalue weighted by molar-refractivity contribution is -0.149. The number of fused-ring (bicyclic) bond motifs is 4. The molecule has 0 aliphatic carbocycles. The summed E-state index contributed by atoms with van der Waals surface area (Å²) in [5.74, 6) is -19.2. The number of thioether (sulfide) groups is 1. The summed E-state index contributed by atoms with van der Waals surface area (Å²) < 4.78 is 0. The number of para-hydroxylation sites is 2. The molecule has 21 N–H and O–H groups in total. The number of amides is 18. The fourth-order valence-corrected chi connectivity index (χ4v) is 16.6. The van der Waals surface area contributed by atoms with E-state index < -0.39 is 253 Å². The van der Waals surface area contributed by atoms with Crippen LogP contribution in [0.5, 0.6) is 5.75 Å². The smallest absolute Gasteiger partial charge is 0.246 e. The van der Waals surface area contributed by atoms with Crippen molar-refractivity contribution < 1.29 is 102 Å². The highest BCUT2D eigenvalue weighted by atomic mass is 32.2. The molecule has 0 bridgehead atoms. The molecule has 8 rings (SSSR count). The van der Waals surface area contributed by atoms with Gasteiger partial charge in [-0.2, -0.15) is 0 Å². The van der Waals surface area contributed by atoms with E-state index in [1.807, 2.05) is 13.8 Å². The van der Waals surface area contributed by atoms with E-state index in [1.165, 1.54) is 59.3 Å². The number of likely N-dealkylation sites (N-methyl/N-ethyl adjacent to an activating group) is 3. The predicted molar refractivity (Wildman–Crippen MR) is 468 cm³/mol. The van der Waals surface area contributed by atoms with E-state index in [0.29, 0.717) is 64.2 Å². The van der Waals surface area contributed by atoms with Crippen LogP contribution in [0.2, 0.25) is 0 Å². The Morgan fingerprint density at radius 1 is 0.523 bits per heavy atom. The number of nitrogens with two attached hydrogens (primary N) is 3. The van der Waals surface area contributed by atoms with Gasteiger partial charge in [0.15, 0.2) is 0 Å². The Bertz CT molecular complexity index is 4870. The van der Waals surface area contributed by atoms with Gasteiger partial charge in [-0.3, -0.25) is 86.3 Å². The van der Waals surface area contributed by atoms with Gasteiger partial charge in [-0.05, 0) is 92.8 Å². The monoisotopic (exact) mass is 1800 g/mol. The molecular formula is C86H120N20O21S. The Morgan fingerprint density at radius 2 is 1.03 bits per heavy atom. The van der Waals surface area contributed by atoms with Crippen LogP contribution in [0.25, 0.3) is 21.8 Å². The largest absolute Gasteiger partial charge is 0.508 e. The number of carbonyl (C=O) groups excluding carboxylic acids is 18. The molecule has 18 amide bonds. The number of carbonyl (C=O) groups is 18. The van der Waals surface area contributed by atoms with E-state index in [2.05, 4.69) is 63.1 Å². The topological polar surface area (TPSA) is 614 Å². The maximum absolute atomic E-state index is 15.6. The van der Waals surface area contributed by atoms with Crippen molar-refractivity contribution in [3.05, 3.63) is 102 Å². The van der Waals surface area contributed by atoms with Crippen LogP contribution in [0.1, 0.15) is 135 Å². The summed E-state index contributed by atoms with van der Waals surface area (Å²) in [5, 5.41) is 59.5. The van der Waals surface area contributed by atoms with Crippen molar-refractivity contribution in [2.75, 3.05) is 58.9 Å². The highest BCUT2D eigenvalue weighted by molar-refractivity contribution is 8.00. The van der Waals surface area contributed by atoms with Gasteiger partial charge in [0, 0.05) is 99.9 Å². The molecule has 696 valence electrons. The van der Waals surface area contributed by atoms with Crippen LogP contribution in [-0.4, -0.2) is 306 Å². The summed E-state index contributed by atoms with van der Waals surface area (Å²) in [6.45, 7) is 7.12. The van der Waals surface area contributed by atoms with Crippen LogP contribution in [0.15, 0.2) is 85.2 Å². The number of aromatic nitrogens is 2. The third kappa shape index (κ3) is 27.4. The number of aliphatic hydroxyl groups is 2. The molecule has 3 saturated heterocycles. The molecule has 3 aliphatic heterocycles. The van der Waals surface area contributed by atoms with E-state index in [4.69, 9.17) is 17.2 Å². The zero-order chi connectivity index (χ0) is 94.1. The first-order chi connectivity index (χ1) is 60.7. The molecule has 3 aliphatic rings. The van der Waals surface area contributed by atoms with Crippen LogP contribution in [0.3, 0.4) is 0 Å². The number of aromatic amines is 2. The Balaban J connectivity index is 1.17. The minimum absolute atomic E-state index is 0.0104. The van der Waals surface area contributed by atoms with Gasteiger partial charge in [-0.15, -0.1) is 11.8 Å². The zero-order valence-electron chi connectivity index (χ0n) is 73.2. The SMILES string of the molecule is CCCC[C@H]1C(=O)N(C)[C@@H](CCCC)C(=O)N[C@@H](C)C(=O)N[C@H](C(=O)NCC(N)=O)CSCC(=O)N[C@@H](Cc2ccc(O)cc2)C(=O)N(C)[C@@H](C)C(=O)N[C@H](CC(N)=O)C(=O)N2CCC[C@H]2C(=O)N[C@@H](CC(N)=O)C(=O)N[C@@H](CC(C)C)C(=O)N2C[C@H](O)C[C@H]2C(=O)N[C@@H](Cc2c[nH]c3ccccc23)C(=O)N[C@@H](CO)C(=O)N[C@@H](Cc2c[nH]c3ccccc23)C(=O)N1C. The van der Waals surface area contributed by atoms with Crippen LogP contribution in [0, 0.1) is 5.92 Å². The molecule has 0 spiro atoms. The maximum Gasteiger partial charge on any atom is 0.246 e. The second-order valence-electron chi connectivity index (χ2n) is 33.1. The van der Waals surface area contributed by atoms with Gasteiger partial charge < -0.3 is 120 Å². The first kappa shape index (κ1) is 101. The highest BCUT2D eigenvalue weighted by Gasteiger charge is 2.47. The molecule has 15 atom stereocenters. The summed E-state index contributed by atoms with van der Waals surface area (Å²) >= 11 is 0.770. The molecule has 0 unspecified atom stereocenters. The van der Waals surface area contributed by atoms with Gasteiger partial charge in [-0.25, -0.2) is 0 Å². The van der Waals surface area contributed by atoms with E-state index in [9.17, 15) is 72.9 Å². The lowest BCUT2D eigenvalue weighted by atomic mass is 10.00. The summed E-state index contributed by atoms with van der Waals surface area (Å²) in [6, 6.07) is -2.65. The number of primary amides is 3. The van der Waals surface area contributed by atoms with Crippen molar-refractivity contribution in [1.29, 1.82) is 0 Å². The first-order valence-electron chi connectivity index (χ1n) is 42.7. The van der Waals surface area contributed by atoms with Gasteiger partial charge in [0.2, 0.25) is 106 Å². The second-order valence-corrected chi connectivity index (χ2v) is 34.1. The second kappa shape index (κ2) is 47.2. The molecule has 2 aromatic heterocycles. The number of rotatable bonds is 22. The summed E-state index contributed by atoms with van der Waals surface area (Å²) in [5.41, 5.74) is 19.3. The van der Waals surface area contributed by atoms with E-state index in [0.717, 1.165) is 36.3 Å². The number of hydrogen-bond donors (Lipinski definition) is 18. The number of hydrogen-bond acceptors (Lipinski definition) is 22. The third-order valence-corrected chi connectivity index (χ3v) is 23.9. The molecule has 5 heterocycles. The lowest BCUT2D eigenvalue weighted by Gasteiger charge is -2.36. The van der Waals surface area contributed by atoms with Gasteiger partial charge in [0.1, 0.15) is 90.3 Å². The Morgan fingerprint density at radius 3 is 1.62 bits per heavy atom. The summed E-state index contributed by atoms with van der Waals surface area (Å²) in [6.07, 6.45) is 0.423. The fourth-order valence-electron chi connectivity index (χ4n) is 15.7. The minimum atomic E-state index is -1.89. The molecule has 3 fully saturated rings. The van der Waals surface area contributed by atoms with Crippen LogP contribution >= 0.6 is 11.8 Å². The van der Waals surface area contributed by atoms with Crippen molar-refractivity contribution in [2.24, 2.45) is 23.1 Å². The lowest BCUT2D eigenvalue weighted by Crippen LogP contribution is -2.61.